The van der Waals surface area contributed by atoms with E-state index < -0.39 is 0 Å². The molecule has 0 saturated heterocycles. The van der Waals surface area contributed by atoms with Crippen LogP contribution in [0.3, 0.4) is 0 Å². The minimum Gasteiger partial charge on any atom is -0.369 e. The molecule has 0 heterocycles. The normalized spacial score (nSPS) is 14.2. The van der Waals surface area contributed by atoms with Crippen molar-refractivity contribution in [2.24, 2.45) is 0 Å². The van der Waals surface area contributed by atoms with E-state index in [0.29, 0.717) is 12.1 Å². The summed E-state index contributed by atoms with van der Waals surface area (Å²) in [4.78, 5) is 2.45. The first-order valence-corrected chi connectivity index (χ1v) is 8.13. The van der Waals surface area contributed by atoms with Gasteiger partial charge in [-0.2, -0.15) is 0 Å². The Hall–Kier alpha value is -0.540. The van der Waals surface area contributed by atoms with Crippen molar-refractivity contribution >= 4 is 21.6 Å². The van der Waals surface area contributed by atoms with Crippen molar-refractivity contribution in [3.05, 3.63) is 28.2 Å². The van der Waals surface area contributed by atoms with Gasteiger partial charge in [0.25, 0.3) is 0 Å². The van der Waals surface area contributed by atoms with Crippen molar-refractivity contribution in [3.63, 3.8) is 0 Å². The van der Waals surface area contributed by atoms with Crippen LogP contribution in [0.25, 0.3) is 0 Å². The maximum atomic E-state index is 3.72. The van der Waals surface area contributed by atoms with Gasteiger partial charge in [0.05, 0.1) is 0 Å². The second-order valence-electron chi connectivity index (χ2n) is 5.03. The molecule has 0 aliphatic heterocycles. The number of hydrogen-bond acceptors (Lipinski definition) is 2. The quantitative estimate of drug-likeness (QED) is 0.778. The lowest BCUT2D eigenvalue weighted by Crippen LogP contribution is -2.32. The fourth-order valence-corrected chi connectivity index (χ4v) is 3.14. The molecule has 1 N–H and O–H groups in total. The number of rotatable bonds is 7. The van der Waals surface area contributed by atoms with Crippen LogP contribution in [0, 0.1) is 0 Å². The number of benzene rings is 1. The van der Waals surface area contributed by atoms with Crippen LogP contribution < -0.4 is 10.2 Å². The highest BCUT2D eigenvalue weighted by Crippen LogP contribution is 2.29. The number of nitrogens with one attached hydrogen (secondary N) is 1. The maximum absolute atomic E-state index is 3.72. The van der Waals surface area contributed by atoms with E-state index in [4.69, 9.17) is 0 Å². The van der Waals surface area contributed by atoms with Gasteiger partial charge >= 0.3 is 0 Å². The van der Waals surface area contributed by atoms with Crippen molar-refractivity contribution in [3.8, 4) is 0 Å². The zero-order chi connectivity index (χ0) is 14.4. The smallest absolute Gasteiger partial charge is 0.0380 e. The van der Waals surface area contributed by atoms with Crippen molar-refractivity contribution in [2.75, 3.05) is 18.0 Å². The zero-order valence-corrected chi connectivity index (χ0v) is 14.4. The molecule has 0 spiro atoms. The predicted molar refractivity (Wildman–Crippen MR) is 89.0 cm³/mol. The molecule has 1 rings (SSSR count). The first-order valence-electron chi connectivity index (χ1n) is 7.34. The van der Waals surface area contributed by atoms with Crippen LogP contribution in [-0.2, 0) is 0 Å². The average molecular weight is 327 g/mol. The second kappa shape index (κ2) is 7.91. The summed E-state index contributed by atoms with van der Waals surface area (Å²) in [6, 6.07) is 7.68. The van der Waals surface area contributed by atoms with Crippen LogP contribution in [0.4, 0.5) is 5.69 Å². The Morgan fingerprint density at radius 2 is 1.89 bits per heavy atom. The fraction of sp³-hybridized carbons (Fsp3) is 0.625. The standard InChI is InChI=1S/C16H27BrN2/c1-6-12(4)19(8-3)14-9-10-15(16(17)11-14)13(5)18-7-2/h9-13,18H,6-8H2,1-5H3. The summed E-state index contributed by atoms with van der Waals surface area (Å²) >= 11 is 3.72. The van der Waals surface area contributed by atoms with Gasteiger partial charge in [0.2, 0.25) is 0 Å². The molecule has 2 atom stereocenters. The van der Waals surface area contributed by atoms with Crippen LogP contribution in [0.5, 0.6) is 0 Å². The Bertz CT molecular complexity index is 392. The molecule has 0 fully saturated rings. The van der Waals surface area contributed by atoms with E-state index in [9.17, 15) is 0 Å². The van der Waals surface area contributed by atoms with Crippen LogP contribution in [0.15, 0.2) is 22.7 Å². The largest absolute Gasteiger partial charge is 0.369 e. The molecular formula is C16H27BrN2. The van der Waals surface area contributed by atoms with Gasteiger partial charge in [-0.15, -0.1) is 0 Å². The van der Waals surface area contributed by atoms with E-state index in [-0.39, 0.29) is 0 Å². The van der Waals surface area contributed by atoms with Crippen molar-refractivity contribution in [1.29, 1.82) is 0 Å². The number of anilines is 1. The van der Waals surface area contributed by atoms with Gasteiger partial charge in [0.15, 0.2) is 0 Å². The van der Waals surface area contributed by atoms with E-state index in [2.05, 4.69) is 79.0 Å². The molecule has 3 heteroatoms. The molecule has 0 aliphatic carbocycles. The monoisotopic (exact) mass is 326 g/mol. The second-order valence-corrected chi connectivity index (χ2v) is 5.88. The Morgan fingerprint density at radius 1 is 1.21 bits per heavy atom. The third-order valence-electron chi connectivity index (χ3n) is 3.76. The molecular weight excluding hydrogens is 300 g/mol. The highest BCUT2D eigenvalue weighted by molar-refractivity contribution is 9.10. The SMILES string of the molecule is CCNC(C)c1ccc(N(CC)C(C)CC)cc1Br. The predicted octanol–water partition coefficient (Wildman–Crippen LogP) is 4.74. The van der Waals surface area contributed by atoms with Crippen molar-refractivity contribution in [1.82, 2.24) is 5.32 Å². The van der Waals surface area contributed by atoms with E-state index in [1.807, 2.05) is 0 Å². The van der Waals surface area contributed by atoms with Gasteiger partial charge in [0, 0.05) is 28.8 Å². The van der Waals surface area contributed by atoms with E-state index in [0.717, 1.165) is 13.1 Å². The van der Waals surface area contributed by atoms with E-state index >= 15 is 0 Å². The lowest BCUT2D eigenvalue weighted by atomic mass is 10.1. The Kier molecular flexibility index (Phi) is 6.87. The Labute approximate surface area is 126 Å². The summed E-state index contributed by atoms with van der Waals surface area (Å²) in [5, 5.41) is 3.46. The Balaban J connectivity index is 2.98. The molecule has 2 nitrogen and oxygen atoms in total. The van der Waals surface area contributed by atoms with Gasteiger partial charge in [-0.25, -0.2) is 0 Å². The molecule has 19 heavy (non-hydrogen) atoms. The van der Waals surface area contributed by atoms with Gasteiger partial charge in [-0.3, -0.25) is 0 Å². The summed E-state index contributed by atoms with van der Waals surface area (Å²) in [6.07, 6.45) is 1.17. The number of halogens is 1. The molecule has 0 aromatic heterocycles. The van der Waals surface area contributed by atoms with Gasteiger partial charge in [0.1, 0.15) is 0 Å². The molecule has 0 radical (unpaired) electrons. The van der Waals surface area contributed by atoms with Crippen LogP contribution >= 0.6 is 15.9 Å². The summed E-state index contributed by atoms with van der Waals surface area (Å²) in [7, 11) is 0. The molecule has 0 bridgehead atoms. The van der Waals surface area contributed by atoms with Gasteiger partial charge in [-0.1, -0.05) is 35.8 Å². The first kappa shape index (κ1) is 16.5. The summed E-state index contributed by atoms with van der Waals surface area (Å²) in [6.45, 7) is 13.1. The van der Waals surface area contributed by atoms with Gasteiger partial charge in [-0.05, 0) is 51.4 Å². The minimum atomic E-state index is 0.382. The van der Waals surface area contributed by atoms with E-state index in [1.54, 1.807) is 0 Å². The highest BCUT2D eigenvalue weighted by Gasteiger charge is 2.14. The lowest BCUT2D eigenvalue weighted by Gasteiger charge is -2.30. The third-order valence-corrected chi connectivity index (χ3v) is 4.44. The van der Waals surface area contributed by atoms with Crippen LogP contribution in [0.1, 0.15) is 52.6 Å². The summed E-state index contributed by atoms with van der Waals surface area (Å²) in [5.74, 6) is 0. The molecule has 0 aliphatic rings. The van der Waals surface area contributed by atoms with Crippen LogP contribution in [0.2, 0.25) is 0 Å². The van der Waals surface area contributed by atoms with E-state index in [1.165, 1.54) is 22.1 Å². The van der Waals surface area contributed by atoms with Crippen LogP contribution in [-0.4, -0.2) is 19.1 Å². The maximum Gasteiger partial charge on any atom is 0.0380 e. The zero-order valence-electron chi connectivity index (χ0n) is 12.8. The van der Waals surface area contributed by atoms with Crippen molar-refractivity contribution < 1.29 is 0 Å². The third kappa shape index (κ3) is 4.22. The fourth-order valence-electron chi connectivity index (χ4n) is 2.43. The Morgan fingerprint density at radius 3 is 2.37 bits per heavy atom. The lowest BCUT2D eigenvalue weighted by molar-refractivity contribution is 0.595. The molecule has 108 valence electrons. The minimum absolute atomic E-state index is 0.382. The molecule has 0 amide bonds. The highest BCUT2D eigenvalue weighted by atomic mass is 79.9. The topological polar surface area (TPSA) is 15.3 Å². The molecule has 2 unspecified atom stereocenters. The average Bonchev–Trinajstić information content (AvgIpc) is 2.39. The number of nitrogens with zero attached hydrogens (tertiary/aromatic N) is 1. The number of hydrogen-bond donors (Lipinski definition) is 1. The molecule has 0 saturated carbocycles. The molecule has 1 aromatic rings. The molecule has 1 aromatic carbocycles. The summed E-state index contributed by atoms with van der Waals surface area (Å²) < 4.78 is 1.19. The van der Waals surface area contributed by atoms with Gasteiger partial charge < -0.3 is 10.2 Å². The summed E-state index contributed by atoms with van der Waals surface area (Å²) in [5.41, 5.74) is 2.63. The van der Waals surface area contributed by atoms with Crippen molar-refractivity contribution in [2.45, 2.75) is 53.1 Å². The first-order chi connectivity index (χ1) is 9.04.